The third-order valence-corrected chi connectivity index (χ3v) is 4.27. The number of ether oxygens (including phenoxy) is 3. The molecule has 142 valence electrons. The van der Waals surface area contributed by atoms with Gasteiger partial charge in [0, 0.05) is 5.69 Å². The van der Waals surface area contributed by atoms with E-state index in [2.05, 4.69) is 5.32 Å². The molecule has 2 atom stereocenters. The van der Waals surface area contributed by atoms with Crippen LogP contribution >= 0.6 is 0 Å². The van der Waals surface area contributed by atoms with Gasteiger partial charge < -0.3 is 19.5 Å². The Labute approximate surface area is 158 Å². The molecule has 6 heteroatoms. The molecular formula is C21H23NO5. The fourth-order valence-corrected chi connectivity index (χ4v) is 2.60. The number of amides is 1. The molecule has 0 aliphatic heterocycles. The van der Waals surface area contributed by atoms with Gasteiger partial charge in [0.2, 0.25) is 0 Å². The Bertz CT molecular complexity index is 785. The Balaban J connectivity index is 1.46. The van der Waals surface area contributed by atoms with Crippen molar-refractivity contribution in [2.75, 3.05) is 18.5 Å². The lowest BCUT2D eigenvalue weighted by atomic mass is 10.3. The van der Waals surface area contributed by atoms with Gasteiger partial charge in [-0.05, 0) is 67.8 Å². The summed E-state index contributed by atoms with van der Waals surface area (Å²) in [7, 11) is 0. The summed E-state index contributed by atoms with van der Waals surface area (Å²) in [5.74, 6) is 1.79. The van der Waals surface area contributed by atoms with E-state index in [1.54, 1.807) is 24.3 Å². The van der Waals surface area contributed by atoms with Gasteiger partial charge in [-0.1, -0.05) is 6.92 Å². The maximum absolute atomic E-state index is 11.9. The van der Waals surface area contributed by atoms with Crippen LogP contribution in [0.15, 0.2) is 48.5 Å². The monoisotopic (exact) mass is 369 g/mol. The van der Waals surface area contributed by atoms with Crippen LogP contribution in [-0.4, -0.2) is 25.1 Å². The molecule has 0 heterocycles. The highest BCUT2D eigenvalue weighted by Crippen LogP contribution is 2.38. The van der Waals surface area contributed by atoms with E-state index in [0.29, 0.717) is 29.7 Å². The van der Waals surface area contributed by atoms with Crippen molar-refractivity contribution < 1.29 is 23.8 Å². The molecule has 27 heavy (non-hydrogen) atoms. The first kappa shape index (κ1) is 18.8. The molecule has 6 nitrogen and oxygen atoms in total. The highest BCUT2D eigenvalue weighted by atomic mass is 16.5. The molecule has 1 saturated carbocycles. The number of anilines is 1. The molecule has 1 fully saturated rings. The van der Waals surface area contributed by atoms with Crippen LogP contribution < -0.4 is 14.8 Å². The van der Waals surface area contributed by atoms with E-state index >= 15 is 0 Å². The number of carbonyl (C=O) groups is 2. The van der Waals surface area contributed by atoms with Crippen molar-refractivity contribution >= 4 is 17.6 Å². The minimum atomic E-state index is -0.364. The van der Waals surface area contributed by atoms with Crippen LogP contribution in [0.25, 0.3) is 0 Å². The Kier molecular flexibility index (Phi) is 5.96. The predicted octanol–water partition coefficient (Wildman–Crippen LogP) is 4.02. The van der Waals surface area contributed by atoms with Gasteiger partial charge in [-0.25, -0.2) is 0 Å². The summed E-state index contributed by atoms with van der Waals surface area (Å²) in [6.07, 6.45) is 0.844. The van der Waals surface area contributed by atoms with E-state index in [4.69, 9.17) is 14.2 Å². The molecule has 2 aromatic carbocycles. The Morgan fingerprint density at radius 2 is 1.56 bits per heavy atom. The number of rotatable bonds is 8. The number of nitrogens with one attached hydrogen (secondary N) is 1. The second-order valence-corrected chi connectivity index (χ2v) is 6.51. The first-order valence-corrected chi connectivity index (χ1v) is 9.02. The van der Waals surface area contributed by atoms with Gasteiger partial charge in [0.05, 0.1) is 12.5 Å². The topological polar surface area (TPSA) is 73.9 Å². The number of hydrogen-bond acceptors (Lipinski definition) is 5. The summed E-state index contributed by atoms with van der Waals surface area (Å²) in [5.41, 5.74) is 0.606. The molecule has 2 aromatic rings. The van der Waals surface area contributed by atoms with E-state index in [1.165, 1.54) is 0 Å². The molecular weight excluding hydrogens is 346 g/mol. The number of hydrogen-bond donors (Lipinski definition) is 1. The average molecular weight is 369 g/mol. The van der Waals surface area contributed by atoms with Gasteiger partial charge in [0.25, 0.3) is 5.91 Å². The Morgan fingerprint density at radius 3 is 2.11 bits per heavy atom. The molecule has 0 saturated heterocycles. The molecule has 1 aliphatic carbocycles. The largest absolute Gasteiger partial charge is 0.494 e. The van der Waals surface area contributed by atoms with Crippen LogP contribution in [0.3, 0.4) is 0 Å². The average Bonchev–Trinajstić information content (AvgIpc) is 3.40. The zero-order chi connectivity index (χ0) is 19.2. The normalized spacial score (nSPS) is 17.7. The van der Waals surface area contributed by atoms with E-state index in [0.717, 1.165) is 12.2 Å². The lowest BCUT2D eigenvalue weighted by Crippen LogP contribution is -2.21. The molecule has 0 bridgehead atoms. The minimum Gasteiger partial charge on any atom is -0.494 e. The van der Waals surface area contributed by atoms with Crippen molar-refractivity contribution in [2.45, 2.75) is 20.3 Å². The molecule has 1 amide bonds. The van der Waals surface area contributed by atoms with Gasteiger partial charge in [-0.3, -0.25) is 9.59 Å². The lowest BCUT2D eigenvalue weighted by Gasteiger charge is -2.09. The zero-order valence-corrected chi connectivity index (χ0v) is 15.4. The van der Waals surface area contributed by atoms with E-state index in [-0.39, 0.29) is 24.4 Å². The molecule has 1 aliphatic rings. The van der Waals surface area contributed by atoms with Gasteiger partial charge in [0.15, 0.2) is 6.61 Å². The number of benzene rings is 2. The van der Waals surface area contributed by atoms with Crippen LogP contribution in [-0.2, 0) is 14.3 Å². The molecule has 0 unspecified atom stereocenters. The van der Waals surface area contributed by atoms with Gasteiger partial charge in [0.1, 0.15) is 17.2 Å². The van der Waals surface area contributed by atoms with E-state index in [1.807, 2.05) is 38.1 Å². The highest BCUT2D eigenvalue weighted by Gasteiger charge is 2.40. The van der Waals surface area contributed by atoms with Crippen LogP contribution in [0.1, 0.15) is 20.3 Å². The van der Waals surface area contributed by atoms with Crippen molar-refractivity contribution in [3.05, 3.63) is 48.5 Å². The quantitative estimate of drug-likeness (QED) is 0.712. The van der Waals surface area contributed by atoms with Crippen molar-refractivity contribution in [2.24, 2.45) is 11.8 Å². The standard InChI is InChI=1S/C21H23NO5/c1-3-25-16-8-10-18(11-9-16)27-17-6-4-15(5-7-17)22-20(23)13-26-21(24)19-12-14(19)2/h4-11,14,19H,3,12-13H2,1-2H3,(H,22,23)/t14-,19+/m1/s1. The van der Waals surface area contributed by atoms with Gasteiger partial charge >= 0.3 is 5.97 Å². The van der Waals surface area contributed by atoms with Crippen molar-refractivity contribution in [3.8, 4) is 17.2 Å². The minimum absolute atomic E-state index is 0.0446. The van der Waals surface area contributed by atoms with E-state index < -0.39 is 0 Å². The van der Waals surface area contributed by atoms with Gasteiger partial charge in [-0.15, -0.1) is 0 Å². The Hall–Kier alpha value is -3.02. The second-order valence-electron chi connectivity index (χ2n) is 6.51. The fraction of sp³-hybridized carbons (Fsp3) is 0.333. The van der Waals surface area contributed by atoms with Crippen LogP contribution in [0, 0.1) is 11.8 Å². The smallest absolute Gasteiger partial charge is 0.309 e. The van der Waals surface area contributed by atoms with Crippen LogP contribution in [0.2, 0.25) is 0 Å². The summed E-state index contributed by atoms with van der Waals surface area (Å²) in [6, 6.07) is 14.3. The third-order valence-electron chi connectivity index (χ3n) is 4.27. The van der Waals surface area contributed by atoms with Crippen LogP contribution in [0.5, 0.6) is 17.2 Å². The van der Waals surface area contributed by atoms with Crippen molar-refractivity contribution in [3.63, 3.8) is 0 Å². The van der Waals surface area contributed by atoms with Crippen molar-refractivity contribution in [1.82, 2.24) is 0 Å². The maximum atomic E-state index is 11.9. The molecule has 1 N–H and O–H groups in total. The first-order valence-electron chi connectivity index (χ1n) is 9.02. The van der Waals surface area contributed by atoms with Gasteiger partial charge in [-0.2, -0.15) is 0 Å². The second kappa shape index (κ2) is 8.58. The number of carbonyl (C=O) groups excluding carboxylic acids is 2. The third kappa shape index (κ3) is 5.48. The van der Waals surface area contributed by atoms with E-state index in [9.17, 15) is 9.59 Å². The first-order chi connectivity index (χ1) is 13.0. The zero-order valence-electron chi connectivity index (χ0n) is 15.4. The maximum Gasteiger partial charge on any atom is 0.309 e. The molecule has 0 radical (unpaired) electrons. The molecule has 3 rings (SSSR count). The fourth-order valence-electron chi connectivity index (χ4n) is 2.60. The summed E-state index contributed by atoms with van der Waals surface area (Å²) < 4.78 is 16.2. The van der Waals surface area contributed by atoms with Crippen molar-refractivity contribution in [1.29, 1.82) is 0 Å². The predicted molar refractivity (Wildman–Crippen MR) is 101 cm³/mol. The highest BCUT2D eigenvalue weighted by molar-refractivity contribution is 5.93. The van der Waals surface area contributed by atoms with Crippen LogP contribution in [0.4, 0.5) is 5.69 Å². The Morgan fingerprint density at radius 1 is 1.00 bits per heavy atom. The SMILES string of the molecule is CCOc1ccc(Oc2ccc(NC(=O)COC(=O)[C@H]3C[C@H]3C)cc2)cc1. The summed E-state index contributed by atoms with van der Waals surface area (Å²) in [5, 5.41) is 2.69. The molecule has 0 spiro atoms. The summed E-state index contributed by atoms with van der Waals surface area (Å²) in [4.78, 5) is 23.5. The lowest BCUT2D eigenvalue weighted by molar-refractivity contribution is -0.148. The summed E-state index contributed by atoms with van der Waals surface area (Å²) in [6.45, 7) is 4.27. The number of esters is 1. The summed E-state index contributed by atoms with van der Waals surface area (Å²) >= 11 is 0. The molecule has 0 aromatic heterocycles.